The average Bonchev–Trinajstić information content (AvgIpc) is 2.84. The van der Waals surface area contributed by atoms with Gasteiger partial charge >= 0.3 is 0 Å². The van der Waals surface area contributed by atoms with Crippen molar-refractivity contribution in [2.24, 2.45) is 5.92 Å². The number of aromatic nitrogens is 1. The van der Waals surface area contributed by atoms with Gasteiger partial charge in [-0.3, -0.25) is 9.59 Å². The summed E-state index contributed by atoms with van der Waals surface area (Å²) in [7, 11) is 0. The summed E-state index contributed by atoms with van der Waals surface area (Å²) < 4.78 is 0. The molecule has 1 aromatic rings. The van der Waals surface area contributed by atoms with Gasteiger partial charge in [0.1, 0.15) is 5.82 Å². The standard InChI is InChI=1S/C15H22N4O2/c1-3-4-10(2)19-9-11(7-14(19)20)15(21)18-12-5-6-13(16)17-8-12/h5-6,8,10-11H,3-4,7,9H2,1-2H3,(H2,16,17)(H,18,21). The lowest BCUT2D eigenvalue weighted by Gasteiger charge is -2.24. The van der Waals surface area contributed by atoms with Crippen molar-refractivity contribution in [1.29, 1.82) is 0 Å². The van der Waals surface area contributed by atoms with Crippen molar-refractivity contribution < 1.29 is 9.59 Å². The molecule has 1 saturated heterocycles. The molecule has 2 atom stereocenters. The highest BCUT2D eigenvalue weighted by Gasteiger charge is 2.36. The minimum absolute atomic E-state index is 0.0616. The summed E-state index contributed by atoms with van der Waals surface area (Å²) in [5, 5.41) is 2.79. The van der Waals surface area contributed by atoms with Gasteiger partial charge in [-0.2, -0.15) is 0 Å². The van der Waals surface area contributed by atoms with Gasteiger partial charge in [0.05, 0.1) is 17.8 Å². The fourth-order valence-corrected chi connectivity index (χ4v) is 2.63. The lowest BCUT2D eigenvalue weighted by molar-refractivity contribution is -0.129. The van der Waals surface area contributed by atoms with E-state index in [4.69, 9.17) is 5.73 Å². The van der Waals surface area contributed by atoms with Crippen LogP contribution in [0.15, 0.2) is 18.3 Å². The molecule has 6 heteroatoms. The van der Waals surface area contributed by atoms with E-state index in [1.807, 2.05) is 11.8 Å². The van der Waals surface area contributed by atoms with Crippen LogP contribution in [0.5, 0.6) is 0 Å². The van der Waals surface area contributed by atoms with E-state index < -0.39 is 0 Å². The number of pyridine rings is 1. The van der Waals surface area contributed by atoms with Crippen molar-refractivity contribution in [2.45, 2.75) is 39.2 Å². The van der Waals surface area contributed by atoms with Crippen LogP contribution in [0.25, 0.3) is 0 Å². The first-order valence-electron chi connectivity index (χ1n) is 7.33. The highest BCUT2D eigenvalue weighted by atomic mass is 16.2. The molecular formula is C15H22N4O2. The summed E-state index contributed by atoms with van der Waals surface area (Å²) in [6, 6.07) is 3.53. The van der Waals surface area contributed by atoms with Crippen LogP contribution in [-0.2, 0) is 9.59 Å². The third kappa shape index (κ3) is 3.71. The molecule has 1 aromatic heterocycles. The largest absolute Gasteiger partial charge is 0.384 e. The first-order valence-corrected chi connectivity index (χ1v) is 7.33. The second-order valence-electron chi connectivity index (χ2n) is 5.55. The van der Waals surface area contributed by atoms with Crippen molar-refractivity contribution in [3.8, 4) is 0 Å². The second kappa shape index (κ2) is 6.56. The predicted molar refractivity (Wildman–Crippen MR) is 81.5 cm³/mol. The normalized spacial score (nSPS) is 19.6. The second-order valence-corrected chi connectivity index (χ2v) is 5.55. The zero-order valence-electron chi connectivity index (χ0n) is 12.5. The first-order chi connectivity index (χ1) is 10.0. The van der Waals surface area contributed by atoms with E-state index in [1.54, 1.807) is 12.1 Å². The molecular weight excluding hydrogens is 268 g/mol. The Balaban J connectivity index is 1.95. The van der Waals surface area contributed by atoms with Crippen LogP contribution >= 0.6 is 0 Å². The molecule has 0 bridgehead atoms. The number of anilines is 2. The van der Waals surface area contributed by atoms with Crippen LogP contribution in [0.1, 0.15) is 33.1 Å². The molecule has 3 N–H and O–H groups in total. The van der Waals surface area contributed by atoms with Gasteiger partial charge in [-0.1, -0.05) is 13.3 Å². The van der Waals surface area contributed by atoms with Gasteiger partial charge in [0.15, 0.2) is 0 Å². The van der Waals surface area contributed by atoms with Gasteiger partial charge in [-0.25, -0.2) is 4.98 Å². The van der Waals surface area contributed by atoms with E-state index in [9.17, 15) is 9.59 Å². The van der Waals surface area contributed by atoms with Gasteiger partial charge in [0, 0.05) is 19.0 Å². The maximum absolute atomic E-state index is 12.2. The molecule has 2 heterocycles. The van der Waals surface area contributed by atoms with E-state index in [-0.39, 0.29) is 30.2 Å². The van der Waals surface area contributed by atoms with Crippen LogP contribution in [-0.4, -0.2) is 34.3 Å². The molecule has 0 radical (unpaired) electrons. The van der Waals surface area contributed by atoms with Gasteiger partial charge in [-0.15, -0.1) is 0 Å². The molecule has 2 rings (SSSR count). The molecule has 2 amide bonds. The van der Waals surface area contributed by atoms with E-state index in [0.717, 1.165) is 12.8 Å². The Kier molecular flexibility index (Phi) is 4.77. The molecule has 1 aliphatic rings. The van der Waals surface area contributed by atoms with E-state index in [1.165, 1.54) is 6.20 Å². The summed E-state index contributed by atoms with van der Waals surface area (Å²) in [5.41, 5.74) is 6.10. The quantitative estimate of drug-likeness (QED) is 0.863. The summed E-state index contributed by atoms with van der Waals surface area (Å²) in [4.78, 5) is 30.0. The number of amides is 2. The summed E-state index contributed by atoms with van der Waals surface area (Å²) >= 11 is 0. The average molecular weight is 290 g/mol. The lowest BCUT2D eigenvalue weighted by atomic mass is 10.1. The minimum Gasteiger partial charge on any atom is -0.384 e. The number of carbonyl (C=O) groups excluding carboxylic acids is 2. The van der Waals surface area contributed by atoms with Crippen LogP contribution < -0.4 is 11.1 Å². The minimum atomic E-state index is -0.297. The number of nitrogens with zero attached hydrogens (tertiary/aromatic N) is 2. The zero-order valence-corrected chi connectivity index (χ0v) is 12.5. The summed E-state index contributed by atoms with van der Waals surface area (Å²) in [6.07, 6.45) is 3.78. The Hall–Kier alpha value is -2.11. The fraction of sp³-hybridized carbons (Fsp3) is 0.533. The number of nitrogen functional groups attached to an aromatic ring is 1. The Labute approximate surface area is 124 Å². The van der Waals surface area contributed by atoms with Crippen molar-refractivity contribution in [2.75, 3.05) is 17.6 Å². The molecule has 1 aliphatic heterocycles. The van der Waals surface area contributed by atoms with Gasteiger partial charge in [0.2, 0.25) is 11.8 Å². The predicted octanol–water partition coefficient (Wildman–Crippen LogP) is 1.64. The maximum atomic E-state index is 12.2. The van der Waals surface area contributed by atoms with Crippen LogP contribution in [0.3, 0.4) is 0 Å². The maximum Gasteiger partial charge on any atom is 0.229 e. The number of nitrogens with two attached hydrogens (primary N) is 1. The Morgan fingerprint density at radius 1 is 1.57 bits per heavy atom. The molecule has 1 fully saturated rings. The van der Waals surface area contributed by atoms with Gasteiger partial charge in [0.25, 0.3) is 0 Å². The van der Waals surface area contributed by atoms with Crippen molar-refractivity contribution in [1.82, 2.24) is 9.88 Å². The highest BCUT2D eigenvalue weighted by Crippen LogP contribution is 2.23. The smallest absolute Gasteiger partial charge is 0.229 e. The first kappa shape index (κ1) is 15.3. The van der Waals surface area contributed by atoms with Crippen molar-refractivity contribution >= 4 is 23.3 Å². The molecule has 6 nitrogen and oxygen atoms in total. The third-order valence-electron chi connectivity index (χ3n) is 3.82. The monoisotopic (exact) mass is 290 g/mol. The SMILES string of the molecule is CCCC(C)N1CC(C(=O)Nc2ccc(N)nc2)CC1=O. The van der Waals surface area contributed by atoms with Gasteiger partial charge < -0.3 is 16.0 Å². The van der Waals surface area contributed by atoms with Gasteiger partial charge in [-0.05, 0) is 25.5 Å². The number of likely N-dealkylation sites (tertiary alicyclic amines) is 1. The van der Waals surface area contributed by atoms with E-state index >= 15 is 0 Å². The number of rotatable bonds is 5. The number of nitrogens with one attached hydrogen (secondary N) is 1. The summed E-state index contributed by atoms with van der Waals surface area (Å²) in [5.74, 6) is 0.0330. The van der Waals surface area contributed by atoms with Crippen LogP contribution in [0, 0.1) is 5.92 Å². The van der Waals surface area contributed by atoms with Crippen LogP contribution in [0.2, 0.25) is 0 Å². The zero-order chi connectivity index (χ0) is 15.4. The van der Waals surface area contributed by atoms with Crippen molar-refractivity contribution in [3.05, 3.63) is 18.3 Å². The van der Waals surface area contributed by atoms with E-state index in [0.29, 0.717) is 18.1 Å². The topological polar surface area (TPSA) is 88.3 Å². The number of carbonyl (C=O) groups is 2. The Morgan fingerprint density at radius 3 is 2.95 bits per heavy atom. The van der Waals surface area contributed by atoms with Crippen molar-refractivity contribution in [3.63, 3.8) is 0 Å². The lowest BCUT2D eigenvalue weighted by Crippen LogP contribution is -2.35. The fourth-order valence-electron chi connectivity index (χ4n) is 2.63. The van der Waals surface area contributed by atoms with E-state index in [2.05, 4.69) is 17.2 Å². The molecule has 2 unspecified atom stereocenters. The molecule has 0 aliphatic carbocycles. The molecule has 0 aromatic carbocycles. The summed E-state index contributed by atoms with van der Waals surface area (Å²) in [6.45, 7) is 4.62. The number of hydrogen-bond acceptors (Lipinski definition) is 4. The highest BCUT2D eigenvalue weighted by molar-refractivity contribution is 5.97. The molecule has 0 saturated carbocycles. The Bertz CT molecular complexity index is 515. The molecule has 114 valence electrons. The Morgan fingerprint density at radius 2 is 2.33 bits per heavy atom. The van der Waals surface area contributed by atoms with Crippen LogP contribution in [0.4, 0.5) is 11.5 Å². The molecule has 0 spiro atoms. The number of hydrogen-bond donors (Lipinski definition) is 2. The third-order valence-corrected chi connectivity index (χ3v) is 3.82. The molecule has 21 heavy (non-hydrogen) atoms.